The molecule has 2 N–H and O–H groups in total. The maximum Gasteiger partial charge on any atom is 0.262 e. The molecule has 5 nitrogen and oxygen atoms in total. The quantitative estimate of drug-likeness (QED) is 0.572. The summed E-state index contributed by atoms with van der Waals surface area (Å²) >= 11 is 0. The van der Waals surface area contributed by atoms with Gasteiger partial charge in [0.15, 0.2) is 6.61 Å². The van der Waals surface area contributed by atoms with Crippen LogP contribution in [0.2, 0.25) is 0 Å². The van der Waals surface area contributed by atoms with Crippen molar-refractivity contribution >= 4 is 11.6 Å². The van der Waals surface area contributed by atoms with Crippen LogP contribution in [0.3, 0.4) is 0 Å². The SMILES string of the molecule is COc1ccccc1CNCc1cccc(OCC(=O)Nc2ccc(C)cc2)c1. The van der Waals surface area contributed by atoms with E-state index in [-0.39, 0.29) is 12.5 Å². The largest absolute Gasteiger partial charge is 0.496 e. The molecule has 0 bridgehead atoms. The van der Waals surface area contributed by atoms with E-state index in [9.17, 15) is 4.79 Å². The maximum atomic E-state index is 12.1. The van der Waals surface area contributed by atoms with Crippen LogP contribution in [-0.2, 0) is 17.9 Å². The van der Waals surface area contributed by atoms with Gasteiger partial charge in [-0.15, -0.1) is 0 Å². The zero-order valence-electron chi connectivity index (χ0n) is 16.8. The predicted octanol–water partition coefficient (Wildman–Crippen LogP) is 4.31. The third kappa shape index (κ3) is 6.36. The first-order valence-corrected chi connectivity index (χ1v) is 9.55. The summed E-state index contributed by atoms with van der Waals surface area (Å²) in [6, 6.07) is 23.3. The summed E-state index contributed by atoms with van der Waals surface area (Å²) in [6.07, 6.45) is 0. The lowest BCUT2D eigenvalue weighted by Crippen LogP contribution is -2.20. The highest BCUT2D eigenvalue weighted by Crippen LogP contribution is 2.18. The smallest absolute Gasteiger partial charge is 0.262 e. The van der Waals surface area contributed by atoms with E-state index in [1.807, 2.05) is 79.7 Å². The van der Waals surface area contributed by atoms with Crippen molar-refractivity contribution in [1.29, 1.82) is 0 Å². The highest BCUT2D eigenvalue weighted by molar-refractivity contribution is 5.91. The van der Waals surface area contributed by atoms with Gasteiger partial charge >= 0.3 is 0 Å². The molecule has 5 heteroatoms. The Kier molecular flexibility index (Phi) is 7.25. The minimum Gasteiger partial charge on any atom is -0.496 e. The zero-order valence-corrected chi connectivity index (χ0v) is 16.8. The number of carbonyl (C=O) groups is 1. The molecule has 0 heterocycles. The standard InChI is InChI=1S/C24H26N2O3/c1-18-10-12-21(13-11-18)26-24(27)17-29-22-8-5-6-19(14-22)15-25-16-20-7-3-4-9-23(20)28-2/h3-14,25H,15-17H2,1-2H3,(H,26,27). The first-order valence-electron chi connectivity index (χ1n) is 9.55. The van der Waals surface area contributed by atoms with Crippen molar-refractivity contribution in [3.8, 4) is 11.5 Å². The number of benzene rings is 3. The topological polar surface area (TPSA) is 59.6 Å². The van der Waals surface area contributed by atoms with Gasteiger partial charge in [-0.2, -0.15) is 0 Å². The van der Waals surface area contributed by atoms with Crippen LogP contribution in [0.1, 0.15) is 16.7 Å². The van der Waals surface area contributed by atoms with E-state index in [2.05, 4.69) is 10.6 Å². The van der Waals surface area contributed by atoms with Gasteiger partial charge in [-0.3, -0.25) is 4.79 Å². The van der Waals surface area contributed by atoms with E-state index in [1.165, 1.54) is 0 Å². The summed E-state index contributed by atoms with van der Waals surface area (Å²) in [5.41, 5.74) is 4.10. The van der Waals surface area contributed by atoms with Crippen molar-refractivity contribution in [3.63, 3.8) is 0 Å². The molecule has 0 saturated carbocycles. The number of rotatable bonds is 9. The van der Waals surface area contributed by atoms with Gasteiger partial charge in [-0.25, -0.2) is 0 Å². The van der Waals surface area contributed by atoms with Crippen LogP contribution >= 0.6 is 0 Å². The minimum atomic E-state index is -0.187. The molecule has 0 saturated heterocycles. The highest BCUT2D eigenvalue weighted by Gasteiger charge is 2.05. The summed E-state index contributed by atoms with van der Waals surface area (Å²) in [5, 5.41) is 6.24. The Hall–Kier alpha value is -3.31. The summed E-state index contributed by atoms with van der Waals surface area (Å²) in [7, 11) is 1.68. The molecule has 29 heavy (non-hydrogen) atoms. The van der Waals surface area contributed by atoms with Gasteiger partial charge in [0.05, 0.1) is 7.11 Å². The Labute approximate surface area is 171 Å². The van der Waals surface area contributed by atoms with Gasteiger partial charge in [-0.1, -0.05) is 48.0 Å². The number of ether oxygens (including phenoxy) is 2. The van der Waals surface area contributed by atoms with Gasteiger partial charge in [0.25, 0.3) is 5.91 Å². The fraction of sp³-hybridized carbons (Fsp3) is 0.208. The van der Waals surface area contributed by atoms with E-state index >= 15 is 0 Å². The Balaban J connectivity index is 1.47. The number of amides is 1. The lowest BCUT2D eigenvalue weighted by atomic mass is 10.2. The summed E-state index contributed by atoms with van der Waals surface area (Å²) in [6.45, 7) is 3.36. The summed E-state index contributed by atoms with van der Waals surface area (Å²) in [5.74, 6) is 1.35. The number of para-hydroxylation sites is 1. The molecule has 0 spiro atoms. The lowest BCUT2D eigenvalue weighted by molar-refractivity contribution is -0.118. The Bertz CT molecular complexity index is 939. The fourth-order valence-electron chi connectivity index (χ4n) is 2.92. The molecule has 3 rings (SSSR count). The van der Waals surface area contributed by atoms with Gasteiger partial charge in [0, 0.05) is 24.3 Å². The monoisotopic (exact) mass is 390 g/mol. The lowest BCUT2D eigenvalue weighted by Gasteiger charge is -2.11. The van der Waals surface area contributed by atoms with Crippen molar-refractivity contribution in [3.05, 3.63) is 89.5 Å². The molecule has 0 radical (unpaired) electrons. The number of anilines is 1. The number of aryl methyl sites for hydroxylation is 1. The van der Waals surface area contributed by atoms with Gasteiger partial charge in [0.2, 0.25) is 0 Å². The molecule has 3 aromatic rings. The summed E-state index contributed by atoms with van der Waals surface area (Å²) in [4.78, 5) is 12.1. The van der Waals surface area contributed by atoms with Crippen LogP contribution in [-0.4, -0.2) is 19.6 Å². The van der Waals surface area contributed by atoms with Crippen molar-refractivity contribution in [2.75, 3.05) is 19.0 Å². The number of hydrogen-bond donors (Lipinski definition) is 2. The molecular formula is C24H26N2O3. The molecule has 1 amide bonds. The van der Waals surface area contributed by atoms with Crippen molar-refractivity contribution in [2.24, 2.45) is 0 Å². The van der Waals surface area contributed by atoms with E-state index in [0.29, 0.717) is 18.8 Å². The fourth-order valence-corrected chi connectivity index (χ4v) is 2.92. The van der Waals surface area contributed by atoms with E-state index in [4.69, 9.17) is 9.47 Å². The molecule has 0 aromatic heterocycles. The second-order valence-electron chi connectivity index (χ2n) is 6.77. The zero-order chi connectivity index (χ0) is 20.5. The molecule has 0 aliphatic rings. The van der Waals surface area contributed by atoms with Crippen LogP contribution < -0.4 is 20.1 Å². The predicted molar refractivity (Wildman–Crippen MR) is 115 cm³/mol. The third-order valence-corrected chi connectivity index (χ3v) is 4.44. The first kappa shape index (κ1) is 20.4. The third-order valence-electron chi connectivity index (χ3n) is 4.44. The molecule has 150 valence electrons. The van der Waals surface area contributed by atoms with E-state index in [1.54, 1.807) is 7.11 Å². The summed E-state index contributed by atoms with van der Waals surface area (Å²) < 4.78 is 11.0. The van der Waals surface area contributed by atoms with Crippen LogP contribution in [0.25, 0.3) is 0 Å². The van der Waals surface area contributed by atoms with E-state index < -0.39 is 0 Å². The van der Waals surface area contributed by atoms with Crippen LogP contribution in [0.15, 0.2) is 72.8 Å². The van der Waals surface area contributed by atoms with Gasteiger partial charge in [0.1, 0.15) is 11.5 Å². The molecule has 0 aliphatic carbocycles. The Morgan fingerprint density at radius 1 is 0.931 bits per heavy atom. The van der Waals surface area contributed by atoms with Crippen LogP contribution in [0.4, 0.5) is 5.69 Å². The number of methoxy groups -OCH3 is 1. The average molecular weight is 390 g/mol. The normalized spacial score (nSPS) is 10.4. The van der Waals surface area contributed by atoms with Crippen molar-refractivity contribution < 1.29 is 14.3 Å². The number of carbonyl (C=O) groups excluding carboxylic acids is 1. The molecule has 3 aromatic carbocycles. The number of hydrogen-bond acceptors (Lipinski definition) is 4. The minimum absolute atomic E-state index is 0.0357. The van der Waals surface area contributed by atoms with Crippen LogP contribution in [0.5, 0.6) is 11.5 Å². The second kappa shape index (κ2) is 10.3. The first-order chi connectivity index (χ1) is 14.1. The molecule has 0 aliphatic heterocycles. The van der Waals surface area contributed by atoms with Crippen molar-refractivity contribution in [2.45, 2.75) is 20.0 Å². The van der Waals surface area contributed by atoms with Crippen molar-refractivity contribution in [1.82, 2.24) is 5.32 Å². The molecule has 0 unspecified atom stereocenters. The van der Waals surface area contributed by atoms with E-state index in [0.717, 1.165) is 28.1 Å². The average Bonchev–Trinajstić information content (AvgIpc) is 2.75. The number of nitrogens with one attached hydrogen (secondary N) is 2. The molecule has 0 fully saturated rings. The molecule has 0 atom stereocenters. The Morgan fingerprint density at radius 2 is 1.72 bits per heavy atom. The van der Waals surface area contributed by atoms with Gasteiger partial charge < -0.3 is 20.1 Å². The van der Waals surface area contributed by atoms with Gasteiger partial charge in [-0.05, 0) is 42.8 Å². The Morgan fingerprint density at radius 3 is 2.52 bits per heavy atom. The molecular weight excluding hydrogens is 364 g/mol. The second-order valence-corrected chi connectivity index (χ2v) is 6.77. The van der Waals surface area contributed by atoms with Crippen LogP contribution in [0, 0.1) is 6.92 Å². The highest BCUT2D eigenvalue weighted by atomic mass is 16.5. The maximum absolute atomic E-state index is 12.1.